The third-order valence-corrected chi connectivity index (χ3v) is 4.08. The van der Waals surface area contributed by atoms with Crippen molar-refractivity contribution in [2.24, 2.45) is 13.0 Å². The molecule has 0 aromatic carbocycles. The molecular formula is C13H19N5O. The highest BCUT2D eigenvalue weighted by atomic mass is 16.2. The van der Waals surface area contributed by atoms with Gasteiger partial charge in [0.15, 0.2) is 0 Å². The zero-order valence-electron chi connectivity index (χ0n) is 11.5. The number of amidine groups is 1. The Hall–Kier alpha value is -1.85. The second-order valence-corrected chi connectivity index (χ2v) is 5.55. The Balaban J connectivity index is 1.99. The van der Waals surface area contributed by atoms with E-state index in [9.17, 15) is 4.79 Å². The fraction of sp³-hybridized carbons (Fsp3) is 0.615. The summed E-state index contributed by atoms with van der Waals surface area (Å²) in [6.07, 6.45) is 2.38. The normalized spacial score (nSPS) is 23.1. The molecule has 0 radical (unpaired) electrons. The smallest absolute Gasteiger partial charge is 0.310 e. The Kier molecular flexibility index (Phi) is 2.62. The largest absolute Gasteiger partial charge is 0.323 e. The second kappa shape index (κ2) is 4.08. The van der Waals surface area contributed by atoms with Gasteiger partial charge in [0.25, 0.3) is 0 Å². The van der Waals surface area contributed by atoms with E-state index >= 15 is 0 Å². The van der Waals surface area contributed by atoms with Crippen LogP contribution < -0.4 is 5.32 Å². The van der Waals surface area contributed by atoms with Crippen molar-refractivity contribution in [1.82, 2.24) is 20.0 Å². The number of aryl methyl sites for hydroxylation is 2. The molecule has 2 fully saturated rings. The third kappa shape index (κ3) is 1.91. The molecule has 0 spiro atoms. The molecule has 3 rings (SSSR count). The lowest BCUT2D eigenvalue weighted by atomic mass is 10.0. The van der Waals surface area contributed by atoms with Gasteiger partial charge in [-0.3, -0.25) is 15.4 Å². The molecule has 1 saturated carbocycles. The van der Waals surface area contributed by atoms with Crippen LogP contribution in [0.1, 0.15) is 35.8 Å². The lowest BCUT2D eigenvalue weighted by molar-refractivity contribution is 0.203. The zero-order valence-corrected chi connectivity index (χ0v) is 11.5. The maximum absolute atomic E-state index is 12.0. The van der Waals surface area contributed by atoms with Crippen molar-refractivity contribution in [2.75, 3.05) is 6.54 Å². The van der Waals surface area contributed by atoms with Gasteiger partial charge in [-0.2, -0.15) is 5.10 Å². The standard InChI is InChI=1S/C13H19N5O/c1-7-10(8(2)17(3)16-7)11-12(14)15-13(19)18(11)6-9-4-5-9/h9,11H,4-6H2,1-3H3,(H2,14,15,19). The Labute approximate surface area is 112 Å². The molecule has 1 aromatic heterocycles. The van der Waals surface area contributed by atoms with Gasteiger partial charge < -0.3 is 4.90 Å². The molecule has 6 heteroatoms. The topological polar surface area (TPSA) is 74.0 Å². The van der Waals surface area contributed by atoms with E-state index in [0.717, 1.165) is 23.5 Å². The molecule has 1 aliphatic heterocycles. The summed E-state index contributed by atoms with van der Waals surface area (Å²) in [5.74, 6) is 0.876. The van der Waals surface area contributed by atoms with E-state index in [1.165, 1.54) is 12.8 Å². The molecule has 0 bridgehead atoms. The predicted octanol–water partition coefficient (Wildman–Crippen LogP) is 1.49. The van der Waals surface area contributed by atoms with Crippen LogP contribution in [-0.2, 0) is 7.05 Å². The number of carbonyl (C=O) groups is 1. The number of rotatable bonds is 3. The Morgan fingerprint density at radius 2 is 2.11 bits per heavy atom. The fourth-order valence-corrected chi connectivity index (χ4v) is 2.78. The molecule has 1 unspecified atom stereocenters. The number of nitrogens with zero attached hydrogens (tertiary/aromatic N) is 3. The van der Waals surface area contributed by atoms with Gasteiger partial charge in [-0.25, -0.2) is 4.79 Å². The van der Waals surface area contributed by atoms with Crippen molar-refractivity contribution in [1.29, 1.82) is 5.41 Å². The van der Waals surface area contributed by atoms with Crippen LogP contribution in [0.2, 0.25) is 0 Å². The van der Waals surface area contributed by atoms with Crippen LogP contribution in [0.4, 0.5) is 4.79 Å². The molecule has 1 saturated heterocycles. The van der Waals surface area contributed by atoms with Crippen molar-refractivity contribution in [3.05, 3.63) is 17.0 Å². The first kappa shape index (κ1) is 12.2. The van der Waals surface area contributed by atoms with Crippen molar-refractivity contribution in [3.63, 3.8) is 0 Å². The number of aromatic nitrogens is 2. The van der Waals surface area contributed by atoms with Gasteiger partial charge in [0.05, 0.1) is 5.69 Å². The van der Waals surface area contributed by atoms with Crippen LogP contribution >= 0.6 is 0 Å². The third-order valence-electron chi connectivity index (χ3n) is 4.08. The molecule has 102 valence electrons. The molecule has 2 aliphatic rings. The van der Waals surface area contributed by atoms with E-state index in [1.54, 1.807) is 4.90 Å². The number of hydrogen-bond acceptors (Lipinski definition) is 3. The number of amides is 2. The van der Waals surface area contributed by atoms with Gasteiger partial charge >= 0.3 is 6.03 Å². The van der Waals surface area contributed by atoms with Gasteiger partial charge in [-0.15, -0.1) is 0 Å². The van der Waals surface area contributed by atoms with Crippen molar-refractivity contribution in [3.8, 4) is 0 Å². The summed E-state index contributed by atoms with van der Waals surface area (Å²) in [4.78, 5) is 13.8. The van der Waals surface area contributed by atoms with Crippen LogP contribution in [0.3, 0.4) is 0 Å². The first-order chi connectivity index (χ1) is 8.99. The van der Waals surface area contributed by atoms with E-state index in [1.807, 2.05) is 25.6 Å². The van der Waals surface area contributed by atoms with Gasteiger partial charge in [0, 0.05) is 24.8 Å². The molecule has 1 atom stereocenters. The van der Waals surface area contributed by atoms with Gasteiger partial charge in [0.1, 0.15) is 11.9 Å². The highest BCUT2D eigenvalue weighted by Crippen LogP contribution is 2.36. The average molecular weight is 261 g/mol. The minimum Gasteiger partial charge on any atom is -0.310 e. The van der Waals surface area contributed by atoms with Gasteiger partial charge in [-0.1, -0.05) is 0 Å². The summed E-state index contributed by atoms with van der Waals surface area (Å²) in [5.41, 5.74) is 2.91. The fourth-order valence-electron chi connectivity index (χ4n) is 2.78. The van der Waals surface area contributed by atoms with Crippen molar-refractivity contribution in [2.45, 2.75) is 32.7 Å². The average Bonchev–Trinajstić information content (AvgIpc) is 3.06. The summed E-state index contributed by atoms with van der Waals surface area (Å²) in [7, 11) is 1.89. The maximum Gasteiger partial charge on any atom is 0.323 e. The summed E-state index contributed by atoms with van der Waals surface area (Å²) < 4.78 is 1.82. The minimum atomic E-state index is -0.290. The van der Waals surface area contributed by atoms with Crippen LogP contribution in [0, 0.1) is 25.2 Å². The Morgan fingerprint density at radius 1 is 1.42 bits per heavy atom. The summed E-state index contributed by atoms with van der Waals surface area (Å²) in [6.45, 7) is 4.67. The van der Waals surface area contributed by atoms with Gasteiger partial charge in [0.2, 0.25) is 0 Å². The first-order valence-corrected chi connectivity index (χ1v) is 6.65. The van der Waals surface area contributed by atoms with Crippen LogP contribution in [0.15, 0.2) is 0 Å². The molecule has 2 N–H and O–H groups in total. The predicted molar refractivity (Wildman–Crippen MR) is 71.1 cm³/mol. The van der Waals surface area contributed by atoms with E-state index in [-0.39, 0.29) is 17.9 Å². The Bertz CT molecular complexity index is 558. The Morgan fingerprint density at radius 3 is 2.63 bits per heavy atom. The number of carbonyl (C=O) groups excluding carboxylic acids is 1. The maximum atomic E-state index is 12.0. The number of urea groups is 1. The van der Waals surface area contributed by atoms with Crippen LogP contribution in [0.25, 0.3) is 0 Å². The monoisotopic (exact) mass is 261 g/mol. The SMILES string of the molecule is Cc1nn(C)c(C)c1C1C(=N)NC(=O)N1CC1CC1. The zero-order chi connectivity index (χ0) is 13.7. The molecule has 6 nitrogen and oxygen atoms in total. The quantitative estimate of drug-likeness (QED) is 0.865. The molecule has 1 aliphatic carbocycles. The molecule has 1 aromatic rings. The van der Waals surface area contributed by atoms with Gasteiger partial charge in [-0.05, 0) is 32.6 Å². The van der Waals surface area contributed by atoms with E-state index in [4.69, 9.17) is 5.41 Å². The lowest BCUT2D eigenvalue weighted by Gasteiger charge is -2.23. The van der Waals surface area contributed by atoms with E-state index in [0.29, 0.717) is 5.92 Å². The second-order valence-electron chi connectivity index (χ2n) is 5.55. The summed E-state index contributed by atoms with van der Waals surface area (Å²) in [5, 5.41) is 15.1. The van der Waals surface area contributed by atoms with Crippen molar-refractivity contribution < 1.29 is 4.79 Å². The molecule has 19 heavy (non-hydrogen) atoms. The van der Waals surface area contributed by atoms with E-state index in [2.05, 4.69) is 10.4 Å². The van der Waals surface area contributed by atoms with E-state index < -0.39 is 0 Å². The van der Waals surface area contributed by atoms with Crippen LogP contribution in [0.5, 0.6) is 0 Å². The highest BCUT2D eigenvalue weighted by molar-refractivity contribution is 6.06. The highest BCUT2D eigenvalue weighted by Gasteiger charge is 2.41. The molecule has 2 amide bonds. The summed E-state index contributed by atoms with van der Waals surface area (Å²) >= 11 is 0. The van der Waals surface area contributed by atoms with Crippen molar-refractivity contribution >= 4 is 11.9 Å². The summed E-state index contributed by atoms with van der Waals surface area (Å²) in [6, 6.07) is -0.439. The van der Waals surface area contributed by atoms with Crippen LogP contribution in [-0.4, -0.2) is 33.1 Å². The molecule has 2 heterocycles. The first-order valence-electron chi connectivity index (χ1n) is 6.65. The minimum absolute atomic E-state index is 0.149. The lowest BCUT2D eigenvalue weighted by Crippen LogP contribution is -2.32. The number of nitrogens with one attached hydrogen (secondary N) is 2. The molecular weight excluding hydrogens is 242 g/mol. The number of hydrogen-bond donors (Lipinski definition) is 2.